The molecule has 1 aromatic carbocycles. The molecule has 0 fully saturated rings. The Labute approximate surface area is 112 Å². The van der Waals surface area contributed by atoms with Crippen LogP contribution in [0.15, 0.2) is 30.3 Å². The van der Waals surface area contributed by atoms with Gasteiger partial charge in [0.25, 0.3) is 0 Å². The van der Waals surface area contributed by atoms with Gasteiger partial charge in [-0.1, -0.05) is 44.2 Å². The largest absolute Gasteiger partial charge is 0.329 e. The SMILES string of the molecule is CC(C)CC(C)N(C)C(CN)Cc1ccccc1. The molecule has 0 saturated heterocycles. The van der Waals surface area contributed by atoms with E-state index >= 15 is 0 Å². The molecule has 0 bridgehead atoms. The van der Waals surface area contributed by atoms with Crippen molar-refractivity contribution in [3.05, 3.63) is 35.9 Å². The lowest BCUT2D eigenvalue weighted by molar-refractivity contribution is 0.167. The van der Waals surface area contributed by atoms with E-state index in [-0.39, 0.29) is 0 Å². The zero-order valence-electron chi connectivity index (χ0n) is 12.3. The van der Waals surface area contributed by atoms with E-state index in [0.717, 1.165) is 12.3 Å². The summed E-state index contributed by atoms with van der Waals surface area (Å²) < 4.78 is 0. The van der Waals surface area contributed by atoms with E-state index in [0.29, 0.717) is 18.6 Å². The van der Waals surface area contributed by atoms with Gasteiger partial charge in [0.2, 0.25) is 0 Å². The van der Waals surface area contributed by atoms with Gasteiger partial charge in [0, 0.05) is 18.6 Å². The lowest BCUT2D eigenvalue weighted by atomic mass is 10.00. The van der Waals surface area contributed by atoms with Crippen molar-refractivity contribution in [3.63, 3.8) is 0 Å². The summed E-state index contributed by atoms with van der Waals surface area (Å²) in [6.07, 6.45) is 2.26. The van der Waals surface area contributed by atoms with Crippen molar-refractivity contribution in [2.75, 3.05) is 13.6 Å². The normalized spacial score (nSPS) is 15.1. The molecule has 2 N–H and O–H groups in total. The summed E-state index contributed by atoms with van der Waals surface area (Å²) in [5.74, 6) is 0.734. The van der Waals surface area contributed by atoms with Gasteiger partial charge in [-0.2, -0.15) is 0 Å². The monoisotopic (exact) mass is 248 g/mol. The first kappa shape index (κ1) is 15.2. The van der Waals surface area contributed by atoms with E-state index < -0.39 is 0 Å². The summed E-state index contributed by atoms with van der Waals surface area (Å²) in [5.41, 5.74) is 7.32. The number of rotatable bonds is 7. The van der Waals surface area contributed by atoms with Crippen LogP contribution in [0.3, 0.4) is 0 Å². The summed E-state index contributed by atoms with van der Waals surface area (Å²) in [4.78, 5) is 2.44. The zero-order chi connectivity index (χ0) is 13.5. The average Bonchev–Trinajstić information content (AvgIpc) is 2.35. The van der Waals surface area contributed by atoms with Crippen LogP contribution in [0.1, 0.15) is 32.8 Å². The van der Waals surface area contributed by atoms with E-state index in [9.17, 15) is 0 Å². The highest BCUT2D eigenvalue weighted by atomic mass is 15.2. The Balaban J connectivity index is 2.60. The highest BCUT2D eigenvalue weighted by Gasteiger charge is 2.19. The number of hydrogen-bond donors (Lipinski definition) is 1. The highest BCUT2D eigenvalue weighted by Crippen LogP contribution is 2.14. The van der Waals surface area contributed by atoms with Gasteiger partial charge in [-0.25, -0.2) is 0 Å². The third kappa shape index (κ3) is 4.79. The van der Waals surface area contributed by atoms with E-state index in [1.54, 1.807) is 0 Å². The Kier molecular flexibility index (Phi) is 6.37. The van der Waals surface area contributed by atoms with Gasteiger partial charge in [-0.3, -0.25) is 4.90 Å². The molecule has 0 radical (unpaired) electrons. The van der Waals surface area contributed by atoms with Crippen molar-refractivity contribution in [2.24, 2.45) is 11.7 Å². The third-order valence-corrected chi connectivity index (χ3v) is 3.67. The maximum Gasteiger partial charge on any atom is 0.0258 e. The Morgan fingerprint density at radius 2 is 1.72 bits per heavy atom. The molecule has 2 unspecified atom stereocenters. The smallest absolute Gasteiger partial charge is 0.0258 e. The number of nitrogens with zero attached hydrogens (tertiary/aromatic N) is 1. The lowest BCUT2D eigenvalue weighted by Gasteiger charge is -2.33. The van der Waals surface area contributed by atoms with Crippen LogP contribution in [-0.4, -0.2) is 30.6 Å². The van der Waals surface area contributed by atoms with Crippen molar-refractivity contribution in [1.82, 2.24) is 4.90 Å². The van der Waals surface area contributed by atoms with Gasteiger partial charge >= 0.3 is 0 Å². The number of hydrogen-bond acceptors (Lipinski definition) is 2. The van der Waals surface area contributed by atoms with Gasteiger partial charge in [-0.15, -0.1) is 0 Å². The first-order chi connectivity index (χ1) is 8.54. The van der Waals surface area contributed by atoms with Gasteiger partial charge in [0.05, 0.1) is 0 Å². The van der Waals surface area contributed by atoms with Crippen LogP contribution in [0.25, 0.3) is 0 Å². The number of nitrogens with two attached hydrogens (primary N) is 1. The predicted octanol–water partition coefficient (Wildman–Crippen LogP) is 2.92. The molecule has 0 heterocycles. The number of benzene rings is 1. The molecule has 18 heavy (non-hydrogen) atoms. The fourth-order valence-electron chi connectivity index (χ4n) is 2.49. The molecule has 1 aromatic rings. The van der Waals surface area contributed by atoms with Crippen LogP contribution in [0.4, 0.5) is 0 Å². The van der Waals surface area contributed by atoms with Gasteiger partial charge in [-0.05, 0) is 38.3 Å². The van der Waals surface area contributed by atoms with E-state index in [1.165, 1.54) is 12.0 Å². The Bertz CT molecular complexity index is 321. The third-order valence-electron chi connectivity index (χ3n) is 3.67. The van der Waals surface area contributed by atoms with E-state index in [1.807, 2.05) is 0 Å². The van der Waals surface area contributed by atoms with Crippen LogP contribution in [0.5, 0.6) is 0 Å². The molecule has 2 atom stereocenters. The standard InChI is InChI=1S/C16H28N2/c1-13(2)10-14(3)18(4)16(12-17)11-15-8-6-5-7-9-15/h5-9,13-14,16H,10-12,17H2,1-4H3. The Hall–Kier alpha value is -0.860. The molecule has 102 valence electrons. The van der Waals surface area contributed by atoms with Gasteiger partial charge in [0.15, 0.2) is 0 Å². The van der Waals surface area contributed by atoms with Crippen molar-refractivity contribution >= 4 is 0 Å². The number of likely N-dealkylation sites (N-methyl/N-ethyl adjacent to an activating group) is 1. The summed E-state index contributed by atoms with van der Waals surface area (Å²) in [6.45, 7) is 7.57. The van der Waals surface area contributed by atoms with Gasteiger partial charge < -0.3 is 5.73 Å². The zero-order valence-corrected chi connectivity index (χ0v) is 12.3. The molecule has 0 aliphatic heterocycles. The van der Waals surface area contributed by atoms with Crippen molar-refractivity contribution in [3.8, 4) is 0 Å². The summed E-state index contributed by atoms with van der Waals surface area (Å²) >= 11 is 0. The van der Waals surface area contributed by atoms with Crippen molar-refractivity contribution in [1.29, 1.82) is 0 Å². The summed E-state index contributed by atoms with van der Waals surface area (Å²) in [5, 5.41) is 0. The molecule has 2 nitrogen and oxygen atoms in total. The minimum atomic E-state index is 0.432. The fraction of sp³-hybridized carbons (Fsp3) is 0.625. The van der Waals surface area contributed by atoms with Crippen LogP contribution in [-0.2, 0) is 6.42 Å². The second-order valence-electron chi connectivity index (χ2n) is 5.72. The van der Waals surface area contributed by atoms with E-state index in [4.69, 9.17) is 5.73 Å². The minimum Gasteiger partial charge on any atom is -0.329 e. The predicted molar refractivity (Wildman–Crippen MR) is 79.7 cm³/mol. The Morgan fingerprint density at radius 1 is 1.11 bits per heavy atom. The second kappa shape index (κ2) is 7.55. The molecule has 0 aliphatic carbocycles. The molecule has 0 spiro atoms. The van der Waals surface area contributed by atoms with Crippen LogP contribution >= 0.6 is 0 Å². The first-order valence-corrected chi connectivity index (χ1v) is 7.00. The second-order valence-corrected chi connectivity index (χ2v) is 5.72. The highest BCUT2D eigenvalue weighted by molar-refractivity contribution is 5.16. The van der Waals surface area contributed by atoms with Crippen molar-refractivity contribution < 1.29 is 0 Å². The first-order valence-electron chi connectivity index (χ1n) is 7.00. The van der Waals surface area contributed by atoms with Crippen molar-refractivity contribution in [2.45, 2.75) is 45.7 Å². The molecule has 0 saturated carbocycles. The molecule has 0 amide bonds. The molecule has 1 rings (SSSR count). The molecule has 0 aliphatic rings. The topological polar surface area (TPSA) is 29.3 Å². The molecular weight excluding hydrogens is 220 g/mol. The van der Waals surface area contributed by atoms with E-state index in [2.05, 4.69) is 63.1 Å². The van der Waals surface area contributed by atoms with Crippen LogP contribution in [0.2, 0.25) is 0 Å². The van der Waals surface area contributed by atoms with Crippen LogP contribution < -0.4 is 5.73 Å². The summed E-state index contributed by atoms with van der Waals surface area (Å²) in [6, 6.07) is 11.6. The lowest BCUT2D eigenvalue weighted by Crippen LogP contribution is -2.44. The quantitative estimate of drug-likeness (QED) is 0.804. The van der Waals surface area contributed by atoms with Gasteiger partial charge in [0.1, 0.15) is 0 Å². The minimum absolute atomic E-state index is 0.432. The average molecular weight is 248 g/mol. The summed E-state index contributed by atoms with van der Waals surface area (Å²) in [7, 11) is 2.20. The molecule has 0 aromatic heterocycles. The van der Waals surface area contributed by atoms with Crippen LogP contribution in [0, 0.1) is 5.92 Å². The Morgan fingerprint density at radius 3 is 2.22 bits per heavy atom. The fourth-order valence-corrected chi connectivity index (χ4v) is 2.49. The maximum absolute atomic E-state index is 5.95. The molecule has 2 heteroatoms. The molecular formula is C16H28N2. The maximum atomic E-state index is 5.95.